The number of amides is 1. The maximum Gasteiger partial charge on any atom is 0.433 e. The molecule has 1 amide bonds. The van der Waals surface area contributed by atoms with Gasteiger partial charge in [0.25, 0.3) is 5.91 Å². The molecule has 0 radical (unpaired) electrons. The van der Waals surface area contributed by atoms with Crippen molar-refractivity contribution >= 4 is 17.4 Å². The Bertz CT molecular complexity index is 831. The zero-order chi connectivity index (χ0) is 20.3. The van der Waals surface area contributed by atoms with Crippen molar-refractivity contribution in [3.8, 4) is 0 Å². The van der Waals surface area contributed by atoms with Gasteiger partial charge in [0.1, 0.15) is 11.5 Å². The molecule has 1 aliphatic rings. The minimum absolute atomic E-state index is 0.000126. The molecule has 0 saturated carbocycles. The lowest BCUT2D eigenvalue weighted by molar-refractivity contribution is -0.141. The van der Waals surface area contributed by atoms with E-state index in [0.29, 0.717) is 38.4 Å². The molecule has 0 spiro atoms. The molecule has 3 heterocycles. The van der Waals surface area contributed by atoms with Gasteiger partial charge in [-0.15, -0.1) is 0 Å². The van der Waals surface area contributed by atoms with Crippen LogP contribution in [0.15, 0.2) is 24.5 Å². The van der Waals surface area contributed by atoms with Crippen molar-refractivity contribution in [3.05, 3.63) is 35.8 Å². The van der Waals surface area contributed by atoms with Crippen LogP contribution in [-0.4, -0.2) is 70.0 Å². The van der Waals surface area contributed by atoms with Gasteiger partial charge in [0, 0.05) is 46.0 Å². The fraction of sp³-hybridized carbons (Fsp3) is 0.471. The summed E-state index contributed by atoms with van der Waals surface area (Å²) in [5.74, 6) is -0.554. The van der Waals surface area contributed by atoms with Gasteiger partial charge in [-0.1, -0.05) is 0 Å². The van der Waals surface area contributed by atoms with E-state index in [-0.39, 0.29) is 18.0 Å². The van der Waals surface area contributed by atoms with Crippen molar-refractivity contribution < 1.29 is 23.1 Å². The summed E-state index contributed by atoms with van der Waals surface area (Å²) in [6, 6.07) is 1.96. The van der Waals surface area contributed by atoms with Crippen molar-refractivity contribution in [2.75, 3.05) is 49.5 Å². The number of rotatable bonds is 5. The summed E-state index contributed by atoms with van der Waals surface area (Å²) >= 11 is 0. The van der Waals surface area contributed by atoms with Gasteiger partial charge < -0.3 is 15.3 Å². The average Bonchev–Trinajstić information content (AvgIpc) is 3.06. The number of nitrogens with one attached hydrogen (secondary N) is 1. The second-order valence-corrected chi connectivity index (χ2v) is 6.47. The number of β-amino-alcohol motifs (C(OH)–C–C–N with tert-alkyl or cyclic N) is 1. The first-order chi connectivity index (χ1) is 13.3. The Morgan fingerprint density at radius 2 is 1.96 bits per heavy atom. The molecule has 0 aliphatic carbocycles. The fourth-order valence-electron chi connectivity index (χ4n) is 3.03. The van der Waals surface area contributed by atoms with E-state index < -0.39 is 17.8 Å². The van der Waals surface area contributed by atoms with Gasteiger partial charge in [-0.25, -0.2) is 4.98 Å². The average molecular weight is 398 g/mol. The van der Waals surface area contributed by atoms with E-state index >= 15 is 0 Å². The Kier molecular flexibility index (Phi) is 5.84. The first kappa shape index (κ1) is 20.1. The van der Waals surface area contributed by atoms with Gasteiger partial charge in [0.15, 0.2) is 0 Å². The third kappa shape index (κ3) is 4.60. The minimum atomic E-state index is -4.61. The number of aryl methyl sites for hydroxylation is 1. The number of hydrogen-bond donors (Lipinski definition) is 2. The third-order valence-corrected chi connectivity index (χ3v) is 4.46. The summed E-state index contributed by atoms with van der Waals surface area (Å²) in [5.41, 5.74) is -0.545. The summed E-state index contributed by atoms with van der Waals surface area (Å²) in [4.78, 5) is 20.1. The number of aromatic nitrogens is 3. The lowest BCUT2D eigenvalue weighted by Crippen LogP contribution is -2.48. The standard InChI is InChI=1S/C17H21F3N6O2/c1-24-11-12(10-21-24)22-16(28)13-2-3-14(17(18,19)20)23-15(13)26-6-4-25(5-7-26)8-9-27/h2-3,10-11,27H,4-9H2,1H3,(H,22,28). The summed E-state index contributed by atoms with van der Waals surface area (Å²) < 4.78 is 41.0. The molecule has 2 aromatic heterocycles. The van der Waals surface area contributed by atoms with Gasteiger partial charge in [-0.2, -0.15) is 18.3 Å². The summed E-state index contributed by atoms with van der Waals surface area (Å²) in [7, 11) is 1.69. The van der Waals surface area contributed by atoms with Gasteiger partial charge >= 0.3 is 6.18 Å². The molecule has 1 saturated heterocycles. The molecule has 0 aromatic carbocycles. The van der Waals surface area contributed by atoms with Crippen molar-refractivity contribution in [2.24, 2.45) is 7.05 Å². The van der Waals surface area contributed by atoms with Crippen LogP contribution in [0.25, 0.3) is 0 Å². The smallest absolute Gasteiger partial charge is 0.395 e. The van der Waals surface area contributed by atoms with Crippen LogP contribution < -0.4 is 10.2 Å². The summed E-state index contributed by atoms with van der Waals surface area (Å²) in [5, 5.41) is 15.6. The van der Waals surface area contributed by atoms with Gasteiger partial charge in [0.2, 0.25) is 0 Å². The first-order valence-corrected chi connectivity index (χ1v) is 8.74. The van der Waals surface area contributed by atoms with Crippen LogP contribution in [0, 0.1) is 0 Å². The maximum absolute atomic E-state index is 13.2. The van der Waals surface area contributed by atoms with Crippen LogP contribution in [0.3, 0.4) is 0 Å². The van der Waals surface area contributed by atoms with E-state index in [0.717, 1.165) is 12.1 Å². The number of aliphatic hydroxyl groups is 1. The monoisotopic (exact) mass is 398 g/mol. The highest BCUT2D eigenvalue weighted by Gasteiger charge is 2.34. The number of pyridine rings is 1. The molecule has 11 heteroatoms. The Balaban J connectivity index is 1.87. The molecule has 3 rings (SSSR count). The molecular weight excluding hydrogens is 377 g/mol. The van der Waals surface area contributed by atoms with E-state index in [2.05, 4.69) is 15.4 Å². The predicted molar refractivity (Wildman–Crippen MR) is 96.1 cm³/mol. The van der Waals surface area contributed by atoms with E-state index in [1.165, 1.54) is 10.9 Å². The number of hydrogen-bond acceptors (Lipinski definition) is 6. The van der Waals surface area contributed by atoms with Gasteiger partial charge in [-0.05, 0) is 12.1 Å². The largest absolute Gasteiger partial charge is 0.433 e. The SMILES string of the molecule is Cn1cc(NC(=O)c2ccc(C(F)(F)F)nc2N2CCN(CCO)CC2)cn1. The second kappa shape index (κ2) is 8.15. The number of anilines is 2. The third-order valence-electron chi connectivity index (χ3n) is 4.46. The zero-order valence-electron chi connectivity index (χ0n) is 15.3. The zero-order valence-corrected chi connectivity index (χ0v) is 15.3. The molecule has 2 aromatic rings. The van der Waals surface area contributed by atoms with Crippen molar-refractivity contribution in [3.63, 3.8) is 0 Å². The number of carbonyl (C=O) groups is 1. The van der Waals surface area contributed by atoms with Crippen LogP contribution in [0.2, 0.25) is 0 Å². The summed E-state index contributed by atoms with van der Waals surface area (Å²) in [6.45, 7) is 2.44. The number of nitrogens with zero attached hydrogens (tertiary/aromatic N) is 5. The summed E-state index contributed by atoms with van der Waals surface area (Å²) in [6.07, 6.45) is -1.57. The number of carbonyl (C=O) groups excluding carboxylic acids is 1. The molecular formula is C17H21F3N6O2. The normalized spacial score (nSPS) is 15.7. The Hall–Kier alpha value is -2.66. The van der Waals surface area contributed by atoms with Crippen LogP contribution >= 0.6 is 0 Å². The van der Waals surface area contributed by atoms with Crippen molar-refractivity contribution in [1.29, 1.82) is 0 Å². The number of piperazine rings is 1. The maximum atomic E-state index is 13.2. The first-order valence-electron chi connectivity index (χ1n) is 8.74. The highest BCUT2D eigenvalue weighted by atomic mass is 19.4. The fourth-order valence-corrected chi connectivity index (χ4v) is 3.03. The molecule has 152 valence electrons. The Morgan fingerprint density at radius 3 is 2.54 bits per heavy atom. The molecule has 28 heavy (non-hydrogen) atoms. The molecule has 0 unspecified atom stereocenters. The Morgan fingerprint density at radius 1 is 1.25 bits per heavy atom. The molecule has 0 atom stereocenters. The number of halogens is 3. The van der Waals surface area contributed by atoms with Crippen molar-refractivity contribution in [1.82, 2.24) is 19.7 Å². The van der Waals surface area contributed by atoms with E-state index in [1.54, 1.807) is 18.1 Å². The molecule has 2 N–H and O–H groups in total. The minimum Gasteiger partial charge on any atom is -0.395 e. The number of aliphatic hydroxyl groups excluding tert-OH is 1. The molecule has 1 fully saturated rings. The van der Waals surface area contributed by atoms with E-state index in [4.69, 9.17) is 5.11 Å². The molecule has 1 aliphatic heterocycles. The van der Waals surface area contributed by atoms with Crippen LogP contribution in [-0.2, 0) is 13.2 Å². The lowest BCUT2D eigenvalue weighted by atomic mass is 10.1. The molecule has 8 nitrogen and oxygen atoms in total. The van der Waals surface area contributed by atoms with E-state index in [9.17, 15) is 18.0 Å². The predicted octanol–water partition coefficient (Wildman–Crippen LogP) is 1.20. The highest BCUT2D eigenvalue weighted by Crippen LogP contribution is 2.31. The van der Waals surface area contributed by atoms with Gasteiger partial charge in [0.05, 0.1) is 24.1 Å². The highest BCUT2D eigenvalue weighted by molar-refractivity contribution is 6.07. The lowest BCUT2D eigenvalue weighted by Gasteiger charge is -2.36. The van der Waals surface area contributed by atoms with Crippen molar-refractivity contribution in [2.45, 2.75) is 6.18 Å². The second-order valence-electron chi connectivity index (χ2n) is 6.47. The van der Waals surface area contributed by atoms with Crippen LogP contribution in [0.1, 0.15) is 16.1 Å². The topological polar surface area (TPSA) is 86.5 Å². The van der Waals surface area contributed by atoms with Crippen LogP contribution in [0.4, 0.5) is 24.7 Å². The van der Waals surface area contributed by atoms with Crippen LogP contribution in [0.5, 0.6) is 0 Å². The Labute approximate surface area is 159 Å². The quantitative estimate of drug-likeness (QED) is 0.787. The van der Waals surface area contributed by atoms with Gasteiger partial charge in [-0.3, -0.25) is 14.4 Å². The number of alkyl halides is 3. The van der Waals surface area contributed by atoms with E-state index in [1.807, 2.05) is 4.90 Å². The molecule has 0 bridgehead atoms.